The second kappa shape index (κ2) is 11.0. The Bertz CT molecular complexity index is 1160. The Balaban J connectivity index is 1.53. The van der Waals surface area contributed by atoms with Crippen LogP contribution in [-0.2, 0) is 9.47 Å². The van der Waals surface area contributed by atoms with Crippen molar-refractivity contribution < 1.29 is 32.5 Å². The van der Waals surface area contributed by atoms with Crippen LogP contribution >= 0.6 is 22.9 Å². The Morgan fingerprint density at radius 1 is 1.26 bits per heavy atom. The van der Waals surface area contributed by atoms with Crippen molar-refractivity contribution in [1.29, 1.82) is 0 Å². The van der Waals surface area contributed by atoms with Gasteiger partial charge in [0.05, 0.1) is 31.6 Å². The lowest BCUT2D eigenvalue weighted by molar-refractivity contribution is -0.101. The SMILES string of the molecule is Cc1cc(-c2cc(Cl)ncc2OC(F)F)c(C(=O)Nc2nnc(OCC3COCCO3)s2)cn1. The summed E-state index contributed by atoms with van der Waals surface area (Å²) in [6, 6.07) is 2.89. The fraction of sp³-hybridized carbons (Fsp3) is 0.350. The first-order chi connectivity index (χ1) is 16.4. The quantitative estimate of drug-likeness (QED) is 0.451. The van der Waals surface area contributed by atoms with Crippen molar-refractivity contribution >= 4 is 34.0 Å². The molecule has 0 aliphatic carbocycles. The van der Waals surface area contributed by atoms with Gasteiger partial charge in [-0.3, -0.25) is 15.1 Å². The van der Waals surface area contributed by atoms with Crippen molar-refractivity contribution in [3.63, 3.8) is 0 Å². The maximum Gasteiger partial charge on any atom is 0.387 e. The highest BCUT2D eigenvalue weighted by Crippen LogP contribution is 2.35. The number of rotatable bonds is 8. The van der Waals surface area contributed by atoms with E-state index in [-0.39, 0.29) is 50.6 Å². The molecule has 1 saturated heterocycles. The molecule has 1 N–H and O–H groups in total. The summed E-state index contributed by atoms with van der Waals surface area (Å²) >= 11 is 6.99. The van der Waals surface area contributed by atoms with Crippen LogP contribution in [0.3, 0.4) is 0 Å². The summed E-state index contributed by atoms with van der Waals surface area (Å²) in [6.45, 7) is 0.282. The first-order valence-corrected chi connectivity index (χ1v) is 11.1. The van der Waals surface area contributed by atoms with Gasteiger partial charge in [0.15, 0.2) is 5.75 Å². The van der Waals surface area contributed by atoms with Gasteiger partial charge in [-0.15, -0.1) is 5.10 Å². The molecule has 1 aliphatic heterocycles. The summed E-state index contributed by atoms with van der Waals surface area (Å²) in [5.74, 6) is -0.829. The maximum absolute atomic E-state index is 13.0. The van der Waals surface area contributed by atoms with Crippen LogP contribution in [0.4, 0.5) is 13.9 Å². The average molecular weight is 514 g/mol. The number of halogens is 3. The number of carbonyl (C=O) groups excluding carboxylic acids is 1. The summed E-state index contributed by atoms with van der Waals surface area (Å²) in [7, 11) is 0. The molecule has 0 saturated carbocycles. The average Bonchev–Trinajstić information content (AvgIpc) is 3.26. The van der Waals surface area contributed by atoms with Gasteiger partial charge in [0.25, 0.3) is 11.1 Å². The third kappa shape index (κ3) is 6.11. The van der Waals surface area contributed by atoms with Gasteiger partial charge in [0.1, 0.15) is 17.9 Å². The third-order valence-electron chi connectivity index (χ3n) is 4.53. The molecule has 4 heterocycles. The Morgan fingerprint density at radius 3 is 2.88 bits per heavy atom. The van der Waals surface area contributed by atoms with Crippen molar-refractivity contribution in [1.82, 2.24) is 20.2 Å². The largest absolute Gasteiger partial charge is 0.466 e. The number of alkyl halides is 2. The molecular weight excluding hydrogens is 496 g/mol. The van der Waals surface area contributed by atoms with Gasteiger partial charge >= 0.3 is 6.61 Å². The fourth-order valence-corrected chi connectivity index (χ4v) is 3.82. The zero-order valence-electron chi connectivity index (χ0n) is 17.7. The molecule has 10 nitrogen and oxygen atoms in total. The molecule has 3 aromatic rings. The molecule has 1 fully saturated rings. The smallest absolute Gasteiger partial charge is 0.387 e. The van der Waals surface area contributed by atoms with E-state index >= 15 is 0 Å². The van der Waals surface area contributed by atoms with Crippen LogP contribution in [0.25, 0.3) is 11.1 Å². The van der Waals surface area contributed by atoms with Crippen LogP contribution in [0.2, 0.25) is 5.15 Å². The van der Waals surface area contributed by atoms with Crippen LogP contribution < -0.4 is 14.8 Å². The normalized spacial score (nSPS) is 15.9. The molecule has 0 aromatic carbocycles. The van der Waals surface area contributed by atoms with E-state index in [1.54, 1.807) is 13.0 Å². The fourth-order valence-electron chi connectivity index (χ4n) is 3.06. The first-order valence-electron chi connectivity index (χ1n) is 9.93. The van der Waals surface area contributed by atoms with Gasteiger partial charge in [-0.25, -0.2) is 4.98 Å². The van der Waals surface area contributed by atoms with Gasteiger partial charge in [0, 0.05) is 23.0 Å². The minimum Gasteiger partial charge on any atom is -0.466 e. The molecule has 3 aromatic heterocycles. The Kier molecular flexibility index (Phi) is 7.77. The molecule has 1 unspecified atom stereocenters. The van der Waals surface area contributed by atoms with Crippen LogP contribution in [-0.4, -0.2) is 65.2 Å². The van der Waals surface area contributed by atoms with Gasteiger partial charge < -0.3 is 18.9 Å². The number of anilines is 1. The molecule has 14 heteroatoms. The Hall–Kier alpha value is -3.00. The number of amides is 1. The molecular formula is C20H18ClF2N5O5S. The highest BCUT2D eigenvalue weighted by Gasteiger charge is 2.21. The zero-order chi connectivity index (χ0) is 24.1. The predicted octanol–water partition coefficient (Wildman–Crippen LogP) is 3.60. The van der Waals surface area contributed by atoms with Crippen molar-refractivity contribution in [2.75, 3.05) is 31.7 Å². The molecule has 1 amide bonds. The lowest BCUT2D eigenvalue weighted by Crippen LogP contribution is -2.33. The van der Waals surface area contributed by atoms with E-state index < -0.39 is 12.5 Å². The van der Waals surface area contributed by atoms with E-state index in [1.165, 1.54) is 12.3 Å². The van der Waals surface area contributed by atoms with E-state index in [0.717, 1.165) is 17.5 Å². The number of aryl methyl sites for hydroxylation is 1. The number of aromatic nitrogens is 4. The first kappa shape index (κ1) is 24.1. The molecule has 4 rings (SSSR count). The van der Waals surface area contributed by atoms with Gasteiger partial charge in [-0.1, -0.05) is 16.7 Å². The van der Waals surface area contributed by atoms with E-state index in [1.807, 2.05) is 0 Å². The molecule has 0 bridgehead atoms. The van der Waals surface area contributed by atoms with E-state index in [0.29, 0.717) is 25.5 Å². The van der Waals surface area contributed by atoms with Crippen LogP contribution in [0, 0.1) is 6.92 Å². The zero-order valence-corrected chi connectivity index (χ0v) is 19.2. The second-order valence-corrected chi connectivity index (χ2v) is 8.29. The summed E-state index contributed by atoms with van der Waals surface area (Å²) in [5, 5.41) is 10.8. The Morgan fingerprint density at radius 2 is 2.12 bits per heavy atom. The predicted molar refractivity (Wildman–Crippen MR) is 118 cm³/mol. The summed E-state index contributed by atoms with van der Waals surface area (Å²) < 4.78 is 46.7. The third-order valence-corrected chi connectivity index (χ3v) is 5.49. The number of carbonyl (C=O) groups is 1. The van der Waals surface area contributed by atoms with Gasteiger partial charge in [0.2, 0.25) is 5.13 Å². The number of nitrogens with zero attached hydrogens (tertiary/aromatic N) is 4. The van der Waals surface area contributed by atoms with Crippen molar-refractivity contribution in [2.45, 2.75) is 19.6 Å². The van der Waals surface area contributed by atoms with Crippen LogP contribution in [0.15, 0.2) is 24.5 Å². The standard InChI is InChI=1S/C20H18ClF2N5O5S/c1-10-4-12(13-5-16(21)25-7-15(13)33-18(22)23)14(6-24-10)17(29)26-19-27-28-20(34-19)32-9-11-8-30-2-3-31-11/h4-7,11,18H,2-3,8-9H2,1H3,(H,26,27,29). The summed E-state index contributed by atoms with van der Waals surface area (Å²) in [4.78, 5) is 21.0. The number of hydrogen-bond donors (Lipinski definition) is 1. The van der Waals surface area contributed by atoms with E-state index in [9.17, 15) is 13.6 Å². The molecule has 0 radical (unpaired) electrons. The van der Waals surface area contributed by atoms with Crippen molar-refractivity contribution in [3.8, 4) is 22.1 Å². The molecule has 180 valence electrons. The molecule has 34 heavy (non-hydrogen) atoms. The van der Waals surface area contributed by atoms with Gasteiger partial charge in [-0.2, -0.15) is 8.78 Å². The summed E-state index contributed by atoms with van der Waals surface area (Å²) in [6.07, 6.45) is 2.17. The van der Waals surface area contributed by atoms with Crippen molar-refractivity contribution in [3.05, 3.63) is 40.9 Å². The van der Waals surface area contributed by atoms with Gasteiger partial charge in [-0.05, 0) is 30.4 Å². The molecule has 1 atom stereocenters. The molecule has 0 spiro atoms. The monoisotopic (exact) mass is 513 g/mol. The lowest BCUT2D eigenvalue weighted by Gasteiger charge is -2.22. The van der Waals surface area contributed by atoms with Crippen LogP contribution in [0.1, 0.15) is 16.1 Å². The maximum atomic E-state index is 13.0. The van der Waals surface area contributed by atoms with Crippen LogP contribution in [0.5, 0.6) is 10.9 Å². The number of nitrogens with one attached hydrogen (secondary N) is 1. The minimum atomic E-state index is -3.09. The number of pyridine rings is 2. The minimum absolute atomic E-state index is 0.0377. The van der Waals surface area contributed by atoms with Crippen molar-refractivity contribution in [2.24, 2.45) is 0 Å². The molecule has 1 aliphatic rings. The summed E-state index contributed by atoms with van der Waals surface area (Å²) in [5.41, 5.74) is 1.06. The lowest BCUT2D eigenvalue weighted by atomic mass is 10.0. The van der Waals surface area contributed by atoms with E-state index in [2.05, 4.69) is 30.2 Å². The topological polar surface area (TPSA) is 118 Å². The highest BCUT2D eigenvalue weighted by molar-refractivity contribution is 7.17. The highest BCUT2D eigenvalue weighted by atomic mass is 35.5. The second-order valence-electron chi connectivity index (χ2n) is 6.96. The number of hydrogen-bond acceptors (Lipinski definition) is 10. The number of ether oxygens (including phenoxy) is 4. The van der Waals surface area contributed by atoms with E-state index in [4.69, 9.17) is 25.8 Å². The Labute approximate surface area is 201 Å².